The van der Waals surface area contributed by atoms with E-state index >= 15 is 0 Å². The molecule has 4 heteroatoms. The van der Waals surface area contributed by atoms with Crippen LogP contribution in [0.4, 0.5) is 0 Å². The van der Waals surface area contributed by atoms with Crippen molar-refractivity contribution in [3.05, 3.63) is 30.2 Å². The van der Waals surface area contributed by atoms with E-state index in [4.69, 9.17) is 9.15 Å². The second-order valence-corrected chi connectivity index (χ2v) is 5.84. The molecule has 0 amide bonds. The first-order valence-corrected chi connectivity index (χ1v) is 7.57. The topological polar surface area (TPSA) is 38.5 Å². The van der Waals surface area contributed by atoms with E-state index in [0.29, 0.717) is 12.0 Å². The van der Waals surface area contributed by atoms with Gasteiger partial charge in [0.15, 0.2) is 11.5 Å². The Balaban J connectivity index is 1.49. The quantitative estimate of drug-likeness (QED) is 0.842. The number of nitrogens with zero attached hydrogens (tertiary/aromatic N) is 2. The van der Waals surface area contributed by atoms with Crippen molar-refractivity contribution in [2.45, 2.75) is 31.2 Å². The Morgan fingerprint density at radius 2 is 1.95 bits per heavy atom. The molecule has 0 N–H and O–H groups in total. The molecule has 2 aliphatic heterocycles. The van der Waals surface area contributed by atoms with Gasteiger partial charge in [0.05, 0.1) is 0 Å². The number of hydrogen-bond donors (Lipinski definition) is 0. The molecular weight excluding hydrogens is 252 g/mol. The van der Waals surface area contributed by atoms with E-state index in [2.05, 4.69) is 9.88 Å². The molecule has 2 saturated heterocycles. The van der Waals surface area contributed by atoms with Crippen molar-refractivity contribution >= 4 is 11.1 Å². The summed E-state index contributed by atoms with van der Waals surface area (Å²) >= 11 is 0. The highest BCUT2D eigenvalue weighted by molar-refractivity contribution is 5.72. The second-order valence-electron chi connectivity index (χ2n) is 5.84. The van der Waals surface area contributed by atoms with Gasteiger partial charge in [0.2, 0.25) is 0 Å². The van der Waals surface area contributed by atoms with Gasteiger partial charge in [0.25, 0.3) is 0 Å². The highest BCUT2D eigenvalue weighted by atomic mass is 16.5. The van der Waals surface area contributed by atoms with Crippen molar-refractivity contribution < 1.29 is 9.15 Å². The predicted molar refractivity (Wildman–Crippen MR) is 76.8 cm³/mol. The van der Waals surface area contributed by atoms with Gasteiger partial charge in [0.1, 0.15) is 5.52 Å². The number of rotatable bonds is 2. The van der Waals surface area contributed by atoms with Crippen LogP contribution >= 0.6 is 0 Å². The van der Waals surface area contributed by atoms with E-state index in [1.807, 2.05) is 24.3 Å². The summed E-state index contributed by atoms with van der Waals surface area (Å²) in [4.78, 5) is 7.26. The normalized spacial score (nSPS) is 25.5. The van der Waals surface area contributed by atoms with Crippen molar-refractivity contribution in [1.29, 1.82) is 0 Å². The van der Waals surface area contributed by atoms with Crippen molar-refractivity contribution in [2.75, 3.05) is 26.3 Å². The number of likely N-dealkylation sites (tertiary alicyclic amines) is 1. The Morgan fingerprint density at radius 1 is 1.10 bits per heavy atom. The van der Waals surface area contributed by atoms with Gasteiger partial charge in [-0.15, -0.1) is 0 Å². The third-order valence-electron chi connectivity index (χ3n) is 4.59. The largest absolute Gasteiger partial charge is 0.440 e. The van der Waals surface area contributed by atoms with Crippen LogP contribution in [-0.2, 0) is 4.74 Å². The molecule has 3 heterocycles. The molecule has 2 aromatic rings. The lowest BCUT2D eigenvalue weighted by atomic mass is 10.1. The Kier molecular flexibility index (Phi) is 3.20. The fraction of sp³-hybridized carbons (Fsp3) is 0.562. The highest BCUT2D eigenvalue weighted by Gasteiger charge is 2.32. The minimum Gasteiger partial charge on any atom is -0.440 e. The Labute approximate surface area is 118 Å². The number of fused-ring (bicyclic) bond motifs is 1. The number of ether oxygens (including phenoxy) is 1. The average Bonchev–Trinajstić information content (AvgIpc) is 3.14. The monoisotopic (exact) mass is 272 g/mol. The molecule has 2 aliphatic rings. The third-order valence-corrected chi connectivity index (χ3v) is 4.59. The van der Waals surface area contributed by atoms with E-state index in [9.17, 15) is 0 Å². The molecule has 0 aliphatic carbocycles. The molecule has 0 radical (unpaired) electrons. The fourth-order valence-electron chi connectivity index (χ4n) is 3.44. The first-order valence-electron chi connectivity index (χ1n) is 7.57. The summed E-state index contributed by atoms with van der Waals surface area (Å²) in [5.41, 5.74) is 1.89. The van der Waals surface area contributed by atoms with E-state index in [0.717, 1.165) is 49.7 Å². The SMILES string of the molecule is c1ccc2oc([C@H]3CCN(C4CCOCC4)C3)nc2c1. The average molecular weight is 272 g/mol. The molecule has 0 spiro atoms. The van der Waals surface area contributed by atoms with E-state index in [1.165, 1.54) is 12.8 Å². The number of aromatic nitrogens is 1. The van der Waals surface area contributed by atoms with Crippen LogP contribution in [0.25, 0.3) is 11.1 Å². The van der Waals surface area contributed by atoms with Gasteiger partial charge < -0.3 is 9.15 Å². The molecule has 0 saturated carbocycles. The highest BCUT2D eigenvalue weighted by Crippen LogP contribution is 2.31. The fourth-order valence-corrected chi connectivity index (χ4v) is 3.44. The molecular formula is C16H20N2O2. The molecule has 1 atom stereocenters. The summed E-state index contributed by atoms with van der Waals surface area (Å²) in [5, 5.41) is 0. The molecule has 4 rings (SSSR count). The van der Waals surface area contributed by atoms with Gasteiger partial charge in [0, 0.05) is 31.7 Å². The first kappa shape index (κ1) is 12.4. The van der Waals surface area contributed by atoms with Crippen LogP contribution in [-0.4, -0.2) is 42.2 Å². The molecule has 2 fully saturated rings. The smallest absolute Gasteiger partial charge is 0.199 e. The zero-order valence-corrected chi connectivity index (χ0v) is 11.6. The van der Waals surface area contributed by atoms with Crippen molar-refractivity contribution in [3.63, 3.8) is 0 Å². The summed E-state index contributed by atoms with van der Waals surface area (Å²) in [6, 6.07) is 8.72. The van der Waals surface area contributed by atoms with Gasteiger partial charge in [-0.05, 0) is 37.9 Å². The molecule has 0 bridgehead atoms. The molecule has 20 heavy (non-hydrogen) atoms. The molecule has 4 nitrogen and oxygen atoms in total. The maximum absolute atomic E-state index is 5.93. The third kappa shape index (κ3) is 2.23. The van der Waals surface area contributed by atoms with Crippen molar-refractivity contribution in [2.24, 2.45) is 0 Å². The summed E-state index contributed by atoms with van der Waals surface area (Å²) in [7, 11) is 0. The minimum atomic E-state index is 0.449. The molecule has 106 valence electrons. The number of oxazole rings is 1. The lowest BCUT2D eigenvalue weighted by Gasteiger charge is -2.30. The Hall–Kier alpha value is -1.39. The summed E-state index contributed by atoms with van der Waals surface area (Å²) in [5.74, 6) is 1.37. The molecule has 1 aromatic heterocycles. The van der Waals surface area contributed by atoms with Gasteiger partial charge in [-0.25, -0.2) is 4.98 Å². The van der Waals surface area contributed by atoms with Crippen molar-refractivity contribution in [1.82, 2.24) is 9.88 Å². The standard InChI is InChI=1S/C16H20N2O2/c1-2-4-15-14(3-1)17-16(20-15)12-5-8-18(11-12)13-6-9-19-10-7-13/h1-4,12-13H,5-11H2/t12-/m0/s1. The predicted octanol–water partition coefficient (Wildman–Crippen LogP) is 2.80. The van der Waals surface area contributed by atoms with Gasteiger partial charge in [-0.1, -0.05) is 12.1 Å². The van der Waals surface area contributed by atoms with Crippen LogP contribution in [0.1, 0.15) is 31.1 Å². The molecule has 1 aromatic carbocycles. The summed E-state index contributed by atoms with van der Waals surface area (Å²) in [6.45, 7) is 4.06. The van der Waals surface area contributed by atoms with E-state index < -0.39 is 0 Å². The zero-order valence-electron chi connectivity index (χ0n) is 11.6. The summed E-state index contributed by atoms with van der Waals surface area (Å²) in [6.07, 6.45) is 3.49. The van der Waals surface area contributed by atoms with Crippen LogP contribution in [0, 0.1) is 0 Å². The number of para-hydroxylation sites is 2. The number of benzene rings is 1. The van der Waals surface area contributed by atoms with Gasteiger partial charge >= 0.3 is 0 Å². The van der Waals surface area contributed by atoms with Crippen LogP contribution in [0.5, 0.6) is 0 Å². The maximum atomic E-state index is 5.93. The van der Waals surface area contributed by atoms with Crippen LogP contribution in [0.2, 0.25) is 0 Å². The maximum Gasteiger partial charge on any atom is 0.199 e. The first-order chi connectivity index (χ1) is 9.90. The molecule has 0 unspecified atom stereocenters. The van der Waals surface area contributed by atoms with Gasteiger partial charge in [-0.2, -0.15) is 0 Å². The minimum absolute atomic E-state index is 0.449. The second kappa shape index (κ2) is 5.19. The Morgan fingerprint density at radius 3 is 2.80 bits per heavy atom. The van der Waals surface area contributed by atoms with Crippen molar-refractivity contribution in [3.8, 4) is 0 Å². The van der Waals surface area contributed by atoms with Crippen LogP contribution < -0.4 is 0 Å². The van der Waals surface area contributed by atoms with Crippen LogP contribution in [0.3, 0.4) is 0 Å². The zero-order chi connectivity index (χ0) is 13.4. The van der Waals surface area contributed by atoms with Gasteiger partial charge in [-0.3, -0.25) is 4.90 Å². The van der Waals surface area contributed by atoms with E-state index in [1.54, 1.807) is 0 Å². The lowest BCUT2D eigenvalue weighted by molar-refractivity contribution is 0.0417. The number of hydrogen-bond acceptors (Lipinski definition) is 4. The summed E-state index contributed by atoms with van der Waals surface area (Å²) < 4.78 is 11.4. The van der Waals surface area contributed by atoms with E-state index in [-0.39, 0.29) is 0 Å². The van der Waals surface area contributed by atoms with Crippen LogP contribution in [0.15, 0.2) is 28.7 Å². The lowest BCUT2D eigenvalue weighted by Crippen LogP contribution is -2.37. The Bertz CT molecular complexity index is 556.